The highest BCUT2D eigenvalue weighted by atomic mass is 35.5. The maximum absolute atomic E-state index is 13.0. The Bertz CT molecular complexity index is 716. The third kappa shape index (κ3) is 3.25. The Morgan fingerprint density at radius 1 is 1.38 bits per heavy atom. The van der Waals surface area contributed by atoms with Crippen molar-refractivity contribution in [2.75, 3.05) is 26.7 Å². The number of nitrogens with zero attached hydrogens (tertiary/aromatic N) is 3. The average molecular weight is 351 g/mol. The first-order valence-corrected chi connectivity index (χ1v) is 7.76. The fourth-order valence-electron chi connectivity index (χ4n) is 3.03. The van der Waals surface area contributed by atoms with Crippen molar-refractivity contribution in [1.82, 2.24) is 20.0 Å². The second-order valence-corrected chi connectivity index (χ2v) is 5.73. The van der Waals surface area contributed by atoms with Gasteiger partial charge in [0.2, 0.25) is 0 Å². The second-order valence-electron chi connectivity index (χ2n) is 5.73. The maximum Gasteiger partial charge on any atom is 0.257 e. The molecule has 1 fully saturated rings. The SMILES string of the molecule is COc1ccccc1C1CNCCN1C(=O)c1cnn(C)c1C.Cl. The largest absolute Gasteiger partial charge is 0.496 e. The smallest absolute Gasteiger partial charge is 0.257 e. The number of benzene rings is 1. The summed E-state index contributed by atoms with van der Waals surface area (Å²) < 4.78 is 7.21. The number of carbonyl (C=O) groups excluding carboxylic acids is 1. The lowest BCUT2D eigenvalue weighted by Crippen LogP contribution is -2.48. The van der Waals surface area contributed by atoms with Crippen LogP contribution in [-0.2, 0) is 7.05 Å². The van der Waals surface area contributed by atoms with Crippen molar-refractivity contribution in [1.29, 1.82) is 0 Å². The van der Waals surface area contributed by atoms with Crippen LogP contribution < -0.4 is 10.1 Å². The van der Waals surface area contributed by atoms with Crippen molar-refractivity contribution in [3.05, 3.63) is 47.3 Å². The zero-order chi connectivity index (χ0) is 16.4. The van der Waals surface area contributed by atoms with Crippen molar-refractivity contribution in [2.24, 2.45) is 7.05 Å². The minimum Gasteiger partial charge on any atom is -0.496 e. The standard InChI is InChI=1S/C17H22N4O2.ClH/c1-12-14(10-19-20(12)2)17(22)21-9-8-18-11-15(21)13-6-4-5-7-16(13)23-3;/h4-7,10,15,18H,8-9,11H2,1-3H3;1H. The molecular formula is C17H23ClN4O2. The zero-order valence-corrected chi connectivity index (χ0v) is 15.0. The Balaban J connectivity index is 0.00000208. The number of amides is 1. The summed E-state index contributed by atoms with van der Waals surface area (Å²) in [4.78, 5) is 14.9. The number of para-hydroxylation sites is 1. The van der Waals surface area contributed by atoms with Crippen LogP contribution in [0.1, 0.15) is 27.7 Å². The fourth-order valence-corrected chi connectivity index (χ4v) is 3.03. The summed E-state index contributed by atoms with van der Waals surface area (Å²) in [6.07, 6.45) is 1.65. The van der Waals surface area contributed by atoms with Crippen LogP contribution in [0.2, 0.25) is 0 Å². The van der Waals surface area contributed by atoms with E-state index in [2.05, 4.69) is 10.4 Å². The highest BCUT2D eigenvalue weighted by molar-refractivity contribution is 5.95. The van der Waals surface area contributed by atoms with Gasteiger partial charge >= 0.3 is 0 Å². The number of piperazine rings is 1. The summed E-state index contributed by atoms with van der Waals surface area (Å²) in [7, 11) is 3.51. The Morgan fingerprint density at radius 2 is 2.12 bits per heavy atom. The Kier molecular flexibility index (Phi) is 5.85. The average Bonchev–Trinajstić information content (AvgIpc) is 2.93. The molecule has 6 nitrogen and oxygen atoms in total. The van der Waals surface area contributed by atoms with Crippen molar-refractivity contribution in [3.63, 3.8) is 0 Å². The number of ether oxygens (including phenoxy) is 1. The van der Waals surface area contributed by atoms with Gasteiger partial charge in [-0.25, -0.2) is 0 Å². The van der Waals surface area contributed by atoms with E-state index in [1.807, 2.05) is 43.1 Å². The van der Waals surface area contributed by atoms with Gasteiger partial charge < -0.3 is 15.0 Å². The van der Waals surface area contributed by atoms with Gasteiger partial charge in [0, 0.05) is 37.9 Å². The van der Waals surface area contributed by atoms with Gasteiger partial charge in [0.1, 0.15) is 5.75 Å². The molecule has 0 aliphatic carbocycles. The minimum atomic E-state index is -0.0491. The second kappa shape index (κ2) is 7.68. The normalized spacial score (nSPS) is 17.3. The minimum absolute atomic E-state index is 0. The summed E-state index contributed by atoms with van der Waals surface area (Å²) in [5, 5.41) is 7.56. The van der Waals surface area contributed by atoms with Gasteiger partial charge in [0.25, 0.3) is 5.91 Å². The molecule has 1 aromatic heterocycles. The van der Waals surface area contributed by atoms with Crippen LogP contribution >= 0.6 is 12.4 Å². The zero-order valence-electron chi connectivity index (χ0n) is 14.2. The van der Waals surface area contributed by atoms with Crippen molar-refractivity contribution < 1.29 is 9.53 Å². The monoisotopic (exact) mass is 350 g/mol. The molecule has 1 aliphatic heterocycles. The fraction of sp³-hybridized carbons (Fsp3) is 0.412. The molecule has 1 saturated heterocycles. The van der Waals surface area contributed by atoms with E-state index >= 15 is 0 Å². The first kappa shape index (κ1) is 18.3. The van der Waals surface area contributed by atoms with Crippen LogP contribution in [0, 0.1) is 6.92 Å². The molecule has 1 aromatic carbocycles. The van der Waals surface area contributed by atoms with Crippen LogP contribution in [0.3, 0.4) is 0 Å². The molecular weight excluding hydrogens is 328 g/mol. The Morgan fingerprint density at radius 3 is 2.79 bits per heavy atom. The summed E-state index contributed by atoms with van der Waals surface area (Å²) in [5.41, 5.74) is 2.57. The van der Waals surface area contributed by atoms with Crippen molar-refractivity contribution in [2.45, 2.75) is 13.0 Å². The predicted octanol–water partition coefficient (Wildman–Crippen LogP) is 1.95. The van der Waals surface area contributed by atoms with Gasteiger partial charge in [-0.1, -0.05) is 18.2 Å². The lowest BCUT2D eigenvalue weighted by Gasteiger charge is -2.37. The lowest BCUT2D eigenvalue weighted by atomic mass is 10.0. The molecule has 0 radical (unpaired) electrons. The molecule has 1 aliphatic rings. The number of carbonyl (C=O) groups is 1. The number of halogens is 1. The quantitative estimate of drug-likeness (QED) is 0.919. The molecule has 0 bridgehead atoms. The molecule has 24 heavy (non-hydrogen) atoms. The van der Waals surface area contributed by atoms with Gasteiger partial charge in [-0.2, -0.15) is 5.10 Å². The number of aryl methyl sites for hydroxylation is 1. The molecule has 0 spiro atoms. The molecule has 1 unspecified atom stereocenters. The molecule has 1 atom stereocenters. The topological polar surface area (TPSA) is 59.4 Å². The number of hydrogen-bond acceptors (Lipinski definition) is 4. The van der Waals surface area contributed by atoms with Crippen molar-refractivity contribution >= 4 is 18.3 Å². The van der Waals surface area contributed by atoms with E-state index in [0.717, 1.165) is 23.6 Å². The molecule has 2 aromatic rings. The summed E-state index contributed by atoms with van der Waals surface area (Å²) in [6.45, 7) is 4.08. The lowest BCUT2D eigenvalue weighted by molar-refractivity contribution is 0.0631. The number of aromatic nitrogens is 2. The van der Waals surface area contributed by atoms with E-state index in [-0.39, 0.29) is 24.4 Å². The first-order valence-electron chi connectivity index (χ1n) is 7.76. The number of methoxy groups -OCH3 is 1. The molecule has 3 rings (SSSR count). The Hall–Kier alpha value is -2.05. The third-order valence-electron chi connectivity index (χ3n) is 4.47. The van der Waals surface area contributed by atoms with Crippen LogP contribution in [-0.4, -0.2) is 47.3 Å². The number of nitrogens with one attached hydrogen (secondary N) is 1. The third-order valence-corrected chi connectivity index (χ3v) is 4.47. The van der Waals surface area contributed by atoms with Gasteiger partial charge in [-0.3, -0.25) is 9.48 Å². The van der Waals surface area contributed by atoms with Crippen molar-refractivity contribution in [3.8, 4) is 5.75 Å². The van der Waals surface area contributed by atoms with E-state index in [9.17, 15) is 4.79 Å². The molecule has 0 saturated carbocycles. The van der Waals surface area contributed by atoms with Crippen LogP contribution in [0.5, 0.6) is 5.75 Å². The number of rotatable bonds is 3. The Labute approximate surface area is 148 Å². The maximum atomic E-state index is 13.0. The summed E-state index contributed by atoms with van der Waals surface area (Å²) in [5.74, 6) is 0.829. The van der Waals surface area contributed by atoms with Crippen LogP contribution in [0.25, 0.3) is 0 Å². The molecule has 130 valence electrons. The molecule has 2 heterocycles. The van der Waals surface area contributed by atoms with E-state index in [0.29, 0.717) is 18.7 Å². The predicted molar refractivity (Wildman–Crippen MR) is 94.8 cm³/mol. The molecule has 1 N–H and O–H groups in total. The van der Waals surface area contributed by atoms with Gasteiger partial charge in [0.05, 0.1) is 24.9 Å². The number of hydrogen-bond donors (Lipinski definition) is 1. The molecule has 7 heteroatoms. The van der Waals surface area contributed by atoms with E-state index in [1.54, 1.807) is 18.0 Å². The summed E-state index contributed by atoms with van der Waals surface area (Å²) in [6, 6.07) is 7.82. The van der Waals surface area contributed by atoms with Gasteiger partial charge in [-0.15, -0.1) is 12.4 Å². The van der Waals surface area contributed by atoms with Gasteiger partial charge in [-0.05, 0) is 13.0 Å². The van der Waals surface area contributed by atoms with E-state index < -0.39 is 0 Å². The highest BCUT2D eigenvalue weighted by Crippen LogP contribution is 2.31. The van der Waals surface area contributed by atoms with E-state index in [4.69, 9.17) is 4.74 Å². The summed E-state index contributed by atoms with van der Waals surface area (Å²) >= 11 is 0. The highest BCUT2D eigenvalue weighted by Gasteiger charge is 2.31. The molecule has 1 amide bonds. The van der Waals surface area contributed by atoms with Crippen LogP contribution in [0.15, 0.2) is 30.5 Å². The van der Waals surface area contributed by atoms with Gasteiger partial charge in [0.15, 0.2) is 0 Å². The van der Waals surface area contributed by atoms with E-state index in [1.165, 1.54) is 0 Å². The first-order chi connectivity index (χ1) is 11.1. The van der Waals surface area contributed by atoms with Crippen LogP contribution in [0.4, 0.5) is 0 Å².